The molecule has 0 atom stereocenters. The average molecular weight is 245 g/mol. The van der Waals surface area contributed by atoms with E-state index in [2.05, 4.69) is 0 Å². The van der Waals surface area contributed by atoms with E-state index in [0.717, 1.165) is 11.6 Å². The molecule has 0 aromatic heterocycles. The van der Waals surface area contributed by atoms with Gasteiger partial charge in [-0.05, 0) is 29.8 Å². The van der Waals surface area contributed by atoms with Gasteiger partial charge in [-0.3, -0.25) is 0 Å². The third-order valence-electron chi connectivity index (χ3n) is 2.38. The summed E-state index contributed by atoms with van der Waals surface area (Å²) in [5.41, 5.74) is 0.755. The normalized spacial score (nSPS) is 9.83. The Hall–Kier alpha value is -2.41. The van der Waals surface area contributed by atoms with E-state index in [1.807, 2.05) is 0 Å². The molecule has 2 nitrogen and oxygen atoms in total. The van der Waals surface area contributed by atoms with Gasteiger partial charge >= 0.3 is 0 Å². The Bertz CT molecular complexity index is 588. The van der Waals surface area contributed by atoms with E-state index in [1.165, 1.54) is 24.3 Å². The molecule has 2 aromatic rings. The standard InChI is InChI=1S/C14H9F2NO/c15-12-4-1-10(2-5-12)9-18-13-6-3-11(8-17)14(16)7-13/h1-7H,9H2. The highest BCUT2D eigenvalue weighted by Gasteiger charge is 2.03. The molecule has 0 N–H and O–H groups in total. The Balaban J connectivity index is 2.04. The maximum atomic E-state index is 13.3. The first-order chi connectivity index (χ1) is 8.69. The second-order valence-corrected chi connectivity index (χ2v) is 3.67. The molecule has 2 rings (SSSR count). The number of nitrogens with zero attached hydrogens (tertiary/aromatic N) is 1. The summed E-state index contributed by atoms with van der Waals surface area (Å²) in [6.45, 7) is 0.214. The van der Waals surface area contributed by atoms with Crippen LogP contribution >= 0.6 is 0 Å². The number of halogens is 2. The summed E-state index contributed by atoms with van der Waals surface area (Å²) in [6, 6.07) is 11.6. The minimum absolute atomic E-state index is 0.0240. The zero-order valence-corrected chi connectivity index (χ0v) is 9.36. The van der Waals surface area contributed by atoms with Gasteiger partial charge in [0.25, 0.3) is 0 Å². The molecule has 4 heteroatoms. The van der Waals surface area contributed by atoms with Gasteiger partial charge in [0.1, 0.15) is 30.1 Å². The number of ether oxygens (including phenoxy) is 1. The van der Waals surface area contributed by atoms with Gasteiger partial charge in [0.15, 0.2) is 0 Å². The van der Waals surface area contributed by atoms with Crippen molar-refractivity contribution in [3.8, 4) is 11.8 Å². The summed E-state index contributed by atoms with van der Waals surface area (Å²) in [5, 5.41) is 8.58. The van der Waals surface area contributed by atoms with Crippen LogP contribution in [0.2, 0.25) is 0 Å². The van der Waals surface area contributed by atoms with Gasteiger partial charge in [0, 0.05) is 6.07 Å². The Morgan fingerprint density at radius 2 is 1.78 bits per heavy atom. The number of hydrogen-bond donors (Lipinski definition) is 0. The zero-order valence-electron chi connectivity index (χ0n) is 9.36. The molecule has 0 spiro atoms. The largest absolute Gasteiger partial charge is 0.489 e. The lowest BCUT2D eigenvalue weighted by atomic mass is 10.2. The van der Waals surface area contributed by atoms with Gasteiger partial charge in [-0.15, -0.1) is 0 Å². The van der Waals surface area contributed by atoms with Gasteiger partial charge in [0.2, 0.25) is 0 Å². The second kappa shape index (κ2) is 5.28. The molecule has 0 saturated carbocycles. The molecular weight excluding hydrogens is 236 g/mol. The second-order valence-electron chi connectivity index (χ2n) is 3.67. The lowest BCUT2D eigenvalue weighted by Gasteiger charge is -2.06. The summed E-state index contributed by atoms with van der Waals surface area (Å²) < 4.78 is 31.3. The topological polar surface area (TPSA) is 33.0 Å². The van der Waals surface area contributed by atoms with Crippen LogP contribution in [0.25, 0.3) is 0 Å². The van der Waals surface area contributed by atoms with E-state index in [1.54, 1.807) is 18.2 Å². The maximum Gasteiger partial charge on any atom is 0.144 e. The van der Waals surface area contributed by atoms with Crippen molar-refractivity contribution in [1.82, 2.24) is 0 Å². The number of rotatable bonds is 3. The van der Waals surface area contributed by atoms with Crippen LogP contribution in [0, 0.1) is 23.0 Å². The third-order valence-corrected chi connectivity index (χ3v) is 2.38. The minimum Gasteiger partial charge on any atom is -0.489 e. The molecule has 0 saturated heterocycles. The summed E-state index contributed by atoms with van der Waals surface area (Å²) in [4.78, 5) is 0. The molecule has 90 valence electrons. The molecule has 0 aliphatic carbocycles. The molecule has 0 fully saturated rings. The fourth-order valence-electron chi connectivity index (χ4n) is 1.42. The van der Waals surface area contributed by atoms with Crippen LogP contribution < -0.4 is 4.74 Å². The predicted molar refractivity (Wildman–Crippen MR) is 61.8 cm³/mol. The van der Waals surface area contributed by atoms with Crippen LogP contribution in [-0.4, -0.2) is 0 Å². The van der Waals surface area contributed by atoms with Crippen LogP contribution in [0.3, 0.4) is 0 Å². The summed E-state index contributed by atoms with van der Waals surface area (Å²) in [5.74, 6) is -0.604. The van der Waals surface area contributed by atoms with Crippen molar-refractivity contribution < 1.29 is 13.5 Å². The van der Waals surface area contributed by atoms with Crippen molar-refractivity contribution >= 4 is 0 Å². The van der Waals surface area contributed by atoms with E-state index in [4.69, 9.17) is 10.00 Å². The number of nitriles is 1. The Morgan fingerprint density at radius 3 is 2.39 bits per heavy atom. The molecule has 0 aliphatic rings. The lowest BCUT2D eigenvalue weighted by Crippen LogP contribution is -1.96. The van der Waals surface area contributed by atoms with Gasteiger partial charge < -0.3 is 4.74 Å². The first kappa shape index (κ1) is 12.1. The fraction of sp³-hybridized carbons (Fsp3) is 0.0714. The molecule has 0 aliphatic heterocycles. The Morgan fingerprint density at radius 1 is 1.06 bits per heavy atom. The van der Waals surface area contributed by atoms with Crippen LogP contribution in [0.1, 0.15) is 11.1 Å². The monoisotopic (exact) mass is 245 g/mol. The minimum atomic E-state index is -0.617. The first-order valence-corrected chi connectivity index (χ1v) is 5.26. The molecule has 18 heavy (non-hydrogen) atoms. The van der Waals surface area contributed by atoms with Gasteiger partial charge in [-0.1, -0.05) is 12.1 Å². The summed E-state index contributed by atoms with van der Waals surface area (Å²) in [7, 11) is 0. The van der Waals surface area contributed by atoms with E-state index in [0.29, 0.717) is 5.75 Å². The molecule has 0 bridgehead atoms. The maximum absolute atomic E-state index is 13.3. The number of hydrogen-bond acceptors (Lipinski definition) is 2. The van der Waals surface area contributed by atoms with Gasteiger partial charge in [-0.25, -0.2) is 8.78 Å². The Labute approximate surface area is 103 Å². The quantitative estimate of drug-likeness (QED) is 0.830. The number of benzene rings is 2. The molecule has 0 amide bonds. The smallest absolute Gasteiger partial charge is 0.144 e. The highest BCUT2D eigenvalue weighted by molar-refractivity contribution is 5.36. The molecule has 2 aromatic carbocycles. The van der Waals surface area contributed by atoms with Crippen LogP contribution in [0.4, 0.5) is 8.78 Å². The van der Waals surface area contributed by atoms with E-state index in [-0.39, 0.29) is 18.0 Å². The summed E-state index contributed by atoms with van der Waals surface area (Å²) in [6.07, 6.45) is 0. The Kier molecular flexibility index (Phi) is 3.54. The van der Waals surface area contributed by atoms with Crippen molar-refractivity contribution in [3.63, 3.8) is 0 Å². The lowest BCUT2D eigenvalue weighted by molar-refractivity contribution is 0.304. The van der Waals surface area contributed by atoms with E-state index in [9.17, 15) is 8.78 Å². The van der Waals surface area contributed by atoms with Gasteiger partial charge in [0.05, 0.1) is 5.56 Å². The van der Waals surface area contributed by atoms with Crippen LogP contribution in [0.5, 0.6) is 5.75 Å². The van der Waals surface area contributed by atoms with Crippen molar-refractivity contribution in [2.75, 3.05) is 0 Å². The molecule has 0 radical (unpaired) electrons. The molecule has 0 heterocycles. The molecule has 0 unspecified atom stereocenters. The van der Waals surface area contributed by atoms with E-state index >= 15 is 0 Å². The highest BCUT2D eigenvalue weighted by Crippen LogP contribution is 2.17. The average Bonchev–Trinajstić information content (AvgIpc) is 2.38. The van der Waals surface area contributed by atoms with E-state index < -0.39 is 5.82 Å². The third kappa shape index (κ3) is 2.83. The predicted octanol–water partition coefficient (Wildman–Crippen LogP) is 3.42. The molecular formula is C14H9F2NO. The van der Waals surface area contributed by atoms with Crippen molar-refractivity contribution in [1.29, 1.82) is 5.26 Å². The van der Waals surface area contributed by atoms with Crippen LogP contribution in [0.15, 0.2) is 42.5 Å². The SMILES string of the molecule is N#Cc1ccc(OCc2ccc(F)cc2)cc1F. The van der Waals surface area contributed by atoms with Crippen LogP contribution in [-0.2, 0) is 6.61 Å². The van der Waals surface area contributed by atoms with Crippen molar-refractivity contribution in [2.24, 2.45) is 0 Å². The zero-order chi connectivity index (χ0) is 13.0. The van der Waals surface area contributed by atoms with Gasteiger partial charge in [-0.2, -0.15) is 5.26 Å². The fourth-order valence-corrected chi connectivity index (χ4v) is 1.42. The first-order valence-electron chi connectivity index (χ1n) is 5.26. The summed E-state index contributed by atoms with van der Waals surface area (Å²) >= 11 is 0. The van der Waals surface area contributed by atoms with Crippen molar-refractivity contribution in [3.05, 3.63) is 65.2 Å². The van der Waals surface area contributed by atoms with Crippen molar-refractivity contribution in [2.45, 2.75) is 6.61 Å². The highest BCUT2D eigenvalue weighted by atomic mass is 19.1.